The zero-order valence-corrected chi connectivity index (χ0v) is 13.8. The van der Waals surface area contributed by atoms with Gasteiger partial charge in [0.25, 0.3) is 0 Å². The minimum absolute atomic E-state index is 0.466. The number of hydrogen-bond acceptors (Lipinski definition) is 1. The van der Waals surface area contributed by atoms with E-state index in [1.54, 1.807) is 0 Å². The van der Waals surface area contributed by atoms with Crippen LogP contribution < -0.4 is 5.32 Å². The molecule has 0 aromatic heterocycles. The SMILES string of the molecule is CCNC(c1cccc(Cl)c1C)C1CCCC(CC)C1. The lowest BCUT2D eigenvalue weighted by Crippen LogP contribution is -2.32. The average Bonchev–Trinajstić information content (AvgIpc) is 2.48. The minimum Gasteiger partial charge on any atom is -0.310 e. The van der Waals surface area contributed by atoms with Gasteiger partial charge in [-0.25, -0.2) is 0 Å². The van der Waals surface area contributed by atoms with Crippen molar-refractivity contribution in [3.63, 3.8) is 0 Å². The van der Waals surface area contributed by atoms with Crippen LogP contribution in [0.5, 0.6) is 0 Å². The normalized spacial score (nSPS) is 24.6. The van der Waals surface area contributed by atoms with Gasteiger partial charge in [0.1, 0.15) is 0 Å². The molecule has 1 aromatic carbocycles. The molecule has 1 aromatic rings. The highest BCUT2D eigenvalue weighted by atomic mass is 35.5. The van der Waals surface area contributed by atoms with Gasteiger partial charge in [-0.1, -0.05) is 56.8 Å². The Morgan fingerprint density at radius 2 is 2.10 bits per heavy atom. The first kappa shape index (κ1) is 15.9. The van der Waals surface area contributed by atoms with Gasteiger partial charge < -0.3 is 5.32 Å². The van der Waals surface area contributed by atoms with Crippen molar-refractivity contribution in [2.24, 2.45) is 11.8 Å². The van der Waals surface area contributed by atoms with E-state index in [1.807, 2.05) is 6.07 Å². The van der Waals surface area contributed by atoms with Crippen LogP contribution in [0.25, 0.3) is 0 Å². The van der Waals surface area contributed by atoms with E-state index >= 15 is 0 Å². The summed E-state index contributed by atoms with van der Waals surface area (Å²) in [6, 6.07) is 6.81. The Bertz CT molecular complexity index is 429. The van der Waals surface area contributed by atoms with Gasteiger partial charge in [0.05, 0.1) is 0 Å². The van der Waals surface area contributed by atoms with Gasteiger partial charge in [0.15, 0.2) is 0 Å². The molecule has 0 heterocycles. The molecule has 20 heavy (non-hydrogen) atoms. The molecule has 0 amide bonds. The topological polar surface area (TPSA) is 12.0 Å². The molecule has 3 unspecified atom stereocenters. The molecular weight excluding hydrogens is 266 g/mol. The van der Waals surface area contributed by atoms with E-state index in [0.717, 1.165) is 23.4 Å². The molecular formula is C18H28ClN. The molecule has 0 saturated heterocycles. The van der Waals surface area contributed by atoms with Crippen molar-refractivity contribution in [3.8, 4) is 0 Å². The molecule has 112 valence electrons. The monoisotopic (exact) mass is 293 g/mol. The fraction of sp³-hybridized carbons (Fsp3) is 0.667. The van der Waals surface area contributed by atoms with Crippen LogP contribution in [-0.4, -0.2) is 6.54 Å². The maximum atomic E-state index is 6.33. The summed E-state index contributed by atoms with van der Waals surface area (Å²) in [6.07, 6.45) is 6.83. The third kappa shape index (κ3) is 3.56. The van der Waals surface area contributed by atoms with Crippen LogP contribution in [0.2, 0.25) is 5.02 Å². The Morgan fingerprint density at radius 1 is 1.30 bits per heavy atom. The molecule has 3 atom stereocenters. The molecule has 1 aliphatic rings. The van der Waals surface area contributed by atoms with Crippen molar-refractivity contribution in [2.75, 3.05) is 6.54 Å². The zero-order valence-electron chi connectivity index (χ0n) is 13.1. The Labute approximate surface area is 129 Å². The zero-order chi connectivity index (χ0) is 14.5. The fourth-order valence-electron chi connectivity index (χ4n) is 3.72. The fourth-order valence-corrected chi connectivity index (χ4v) is 3.90. The standard InChI is InChI=1S/C18H28ClN/c1-4-14-8-6-9-15(12-14)18(20-5-2)16-10-7-11-17(19)13(16)3/h7,10-11,14-15,18,20H,4-6,8-9,12H2,1-3H3. The van der Waals surface area contributed by atoms with Crippen molar-refractivity contribution in [1.82, 2.24) is 5.32 Å². The van der Waals surface area contributed by atoms with E-state index in [9.17, 15) is 0 Å². The molecule has 1 aliphatic carbocycles. The van der Waals surface area contributed by atoms with Crippen LogP contribution in [0, 0.1) is 18.8 Å². The van der Waals surface area contributed by atoms with Crippen LogP contribution in [0.4, 0.5) is 0 Å². The van der Waals surface area contributed by atoms with E-state index in [4.69, 9.17) is 11.6 Å². The third-order valence-corrected chi connectivity index (χ3v) is 5.35. The number of nitrogens with one attached hydrogen (secondary N) is 1. The Morgan fingerprint density at radius 3 is 2.80 bits per heavy atom. The van der Waals surface area contributed by atoms with E-state index in [1.165, 1.54) is 43.2 Å². The molecule has 2 rings (SSSR count). The summed E-state index contributed by atoms with van der Waals surface area (Å²) in [5.74, 6) is 1.67. The first-order chi connectivity index (χ1) is 9.67. The summed E-state index contributed by atoms with van der Waals surface area (Å²) in [5, 5.41) is 4.62. The maximum absolute atomic E-state index is 6.33. The van der Waals surface area contributed by atoms with Crippen LogP contribution in [-0.2, 0) is 0 Å². The van der Waals surface area contributed by atoms with E-state index in [-0.39, 0.29) is 0 Å². The number of hydrogen-bond donors (Lipinski definition) is 1. The van der Waals surface area contributed by atoms with Crippen LogP contribution in [0.3, 0.4) is 0 Å². The second-order valence-corrected chi connectivity index (χ2v) is 6.60. The van der Waals surface area contributed by atoms with E-state index in [0.29, 0.717) is 6.04 Å². The number of rotatable bonds is 5. The van der Waals surface area contributed by atoms with Crippen molar-refractivity contribution in [2.45, 2.75) is 58.9 Å². The van der Waals surface area contributed by atoms with Gasteiger partial charge >= 0.3 is 0 Å². The molecule has 0 radical (unpaired) electrons. The molecule has 2 heteroatoms. The molecule has 1 fully saturated rings. The summed E-state index contributed by atoms with van der Waals surface area (Å²) in [5.41, 5.74) is 2.65. The van der Waals surface area contributed by atoms with Gasteiger partial charge in [-0.15, -0.1) is 0 Å². The largest absolute Gasteiger partial charge is 0.310 e. The van der Waals surface area contributed by atoms with Crippen molar-refractivity contribution in [1.29, 1.82) is 0 Å². The molecule has 0 bridgehead atoms. The van der Waals surface area contributed by atoms with Gasteiger partial charge in [-0.2, -0.15) is 0 Å². The highest BCUT2D eigenvalue weighted by molar-refractivity contribution is 6.31. The van der Waals surface area contributed by atoms with Crippen molar-refractivity contribution >= 4 is 11.6 Å². The summed E-state index contributed by atoms with van der Waals surface area (Å²) in [4.78, 5) is 0. The predicted molar refractivity (Wildman–Crippen MR) is 88.3 cm³/mol. The van der Waals surface area contributed by atoms with Crippen molar-refractivity contribution in [3.05, 3.63) is 34.3 Å². The minimum atomic E-state index is 0.466. The second-order valence-electron chi connectivity index (χ2n) is 6.19. The highest BCUT2D eigenvalue weighted by Crippen LogP contribution is 2.40. The Balaban J connectivity index is 2.23. The number of benzene rings is 1. The average molecular weight is 294 g/mol. The Hall–Kier alpha value is -0.530. The van der Waals surface area contributed by atoms with Gasteiger partial charge in [-0.05, 0) is 55.3 Å². The molecule has 1 saturated carbocycles. The molecule has 0 aliphatic heterocycles. The van der Waals surface area contributed by atoms with E-state index in [2.05, 4.69) is 38.2 Å². The molecule has 1 N–H and O–H groups in total. The quantitative estimate of drug-likeness (QED) is 0.754. The first-order valence-corrected chi connectivity index (χ1v) is 8.53. The lowest BCUT2D eigenvalue weighted by molar-refractivity contribution is 0.210. The van der Waals surface area contributed by atoms with Crippen LogP contribution in [0.1, 0.15) is 63.1 Å². The lowest BCUT2D eigenvalue weighted by atomic mass is 9.74. The predicted octanol–water partition coefficient (Wildman–Crippen LogP) is 5.52. The Kier molecular flexibility index (Phi) is 5.92. The van der Waals surface area contributed by atoms with Crippen molar-refractivity contribution < 1.29 is 0 Å². The van der Waals surface area contributed by atoms with E-state index < -0.39 is 0 Å². The van der Waals surface area contributed by atoms with Crippen LogP contribution in [0.15, 0.2) is 18.2 Å². The number of halogens is 1. The summed E-state index contributed by atoms with van der Waals surface area (Å²) in [7, 11) is 0. The van der Waals surface area contributed by atoms with Gasteiger partial charge in [0, 0.05) is 11.1 Å². The second kappa shape index (κ2) is 7.47. The molecule has 1 nitrogen and oxygen atoms in total. The summed E-state index contributed by atoms with van der Waals surface area (Å²) in [6.45, 7) is 7.71. The van der Waals surface area contributed by atoms with Crippen LogP contribution >= 0.6 is 11.6 Å². The summed E-state index contributed by atoms with van der Waals surface area (Å²) >= 11 is 6.33. The van der Waals surface area contributed by atoms with Gasteiger partial charge in [-0.3, -0.25) is 0 Å². The smallest absolute Gasteiger partial charge is 0.0438 e. The van der Waals surface area contributed by atoms with Gasteiger partial charge in [0.2, 0.25) is 0 Å². The lowest BCUT2D eigenvalue weighted by Gasteiger charge is -2.35. The summed E-state index contributed by atoms with van der Waals surface area (Å²) < 4.78 is 0. The maximum Gasteiger partial charge on any atom is 0.0438 e. The highest BCUT2D eigenvalue weighted by Gasteiger charge is 2.29. The molecule has 0 spiro atoms. The first-order valence-electron chi connectivity index (χ1n) is 8.15. The third-order valence-electron chi connectivity index (χ3n) is 4.94.